The Balaban J connectivity index is 2.21. The summed E-state index contributed by atoms with van der Waals surface area (Å²) in [7, 11) is 0. The van der Waals surface area contributed by atoms with Crippen LogP contribution in [0.25, 0.3) is 22.3 Å². The minimum Gasteiger partial charge on any atom is -0.398 e. The number of fused-ring (bicyclic) bond motifs is 2. The van der Waals surface area contributed by atoms with Gasteiger partial charge in [0.05, 0.1) is 8.22 Å². The van der Waals surface area contributed by atoms with Crippen molar-refractivity contribution in [1.29, 1.82) is 0 Å². The molecular weight excluding hydrogens is 422 g/mol. The van der Waals surface area contributed by atoms with E-state index in [1.165, 1.54) is 0 Å². The summed E-state index contributed by atoms with van der Waals surface area (Å²) in [4.78, 5) is 0. The second-order valence-corrected chi connectivity index (χ2v) is 8.27. The Morgan fingerprint density at radius 3 is 1.37 bits per heavy atom. The van der Waals surface area contributed by atoms with Gasteiger partial charge in [-0.2, -0.15) is 0 Å². The predicted molar refractivity (Wildman–Crippen MR) is 152 cm³/mol. The zero-order valence-electron chi connectivity index (χ0n) is 55.8. The molecule has 0 aliphatic heterocycles. The van der Waals surface area contributed by atoms with Crippen LogP contribution < -0.4 is 5.73 Å². The van der Waals surface area contributed by atoms with Crippen molar-refractivity contribution in [1.82, 2.24) is 0 Å². The molecule has 3 aromatic rings. The zero-order chi connectivity index (χ0) is 57.8. The minimum absolute atomic E-state index is 0.768. The monoisotopic (exact) mass is 504 g/mol. The summed E-state index contributed by atoms with van der Waals surface area (Å²) >= 11 is 0. The van der Waals surface area contributed by atoms with E-state index in [-0.39, 0.29) is 0 Å². The molecule has 0 bridgehead atoms. The summed E-state index contributed by atoms with van der Waals surface area (Å²) < 4.78 is 332. The molecule has 3 aromatic carbocycles. The van der Waals surface area contributed by atoms with Gasteiger partial charge in [0, 0.05) is 60.7 Å². The Morgan fingerprint density at radius 2 is 1.00 bits per heavy atom. The molecule has 0 saturated carbocycles. The van der Waals surface area contributed by atoms with Gasteiger partial charge in [0.1, 0.15) is 0 Å². The van der Waals surface area contributed by atoms with Crippen LogP contribution in [0.5, 0.6) is 0 Å². The Bertz CT molecular complexity index is 2520. The molecule has 0 saturated heterocycles. The van der Waals surface area contributed by atoms with Crippen LogP contribution in [0.15, 0.2) is 54.5 Å². The molecule has 0 fully saturated rings. The van der Waals surface area contributed by atoms with Crippen molar-refractivity contribution in [3.63, 3.8) is 0 Å². The molecule has 2 N–H and O–H groups in total. The van der Waals surface area contributed by atoms with Gasteiger partial charge in [0.15, 0.2) is 0 Å². The van der Waals surface area contributed by atoms with Gasteiger partial charge in [-0.25, -0.2) is 0 Å². The first-order valence-corrected chi connectivity index (χ1v) is 10.0. The summed E-state index contributed by atoms with van der Waals surface area (Å²) in [6.45, 7) is -35.6. The van der Waals surface area contributed by atoms with Gasteiger partial charge in [0.25, 0.3) is 0 Å². The number of hydrogen-bond acceptors (Lipinski definition) is 1. The van der Waals surface area contributed by atoms with Crippen molar-refractivity contribution in [2.24, 2.45) is 0 Å². The second kappa shape index (κ2) is 7.73. The fraction of sp³-hybridized carbons (Fsp3) is 0.471. The number of nitrogen functional groups attached to an aromatic ring is 1. The first-order valence-electron chi connectivity index (χ1n) is 29.0. The number of rotatable bonds is 2. The molecule has 0 radical (unpaired) electrons. The smallest absolute Gasteiger partial charge is 0.0632 e. The molecule has 1 nitrogen and oxygen atoms in total. The fourth-order valence-corrected chi connectivity index (χ4v) is 3.83. The molecule has 5 rings (SSSR count). The molecule has 0 spiro atoms. The van der Waals surface area contributed by atoms with Crippen LogP contribution in [-0.2, 0) is 21.7 Å². The Morgan fingerprint density at radius 1 is 0.629 bits per heavy atom. The third-order valence-corrected chi connectivity index (χ3v) is 5.64. The predicted octanol–water partition coefficient (Wildman–Crippen LogP) is 9.30. The van der Waals surface area contributed by atoms with E-state index in [0.29, 0.717) is 0 Å². The van der Waals surface area contributed by atoms with Crippen LogP contribution in [0.3, 0.4) is 0 Å². The summed E-state index contributed by atoms with van der Waals surface area (Å²) in [6, 6.07) is -7.92. The van der Waals surface area contributed by atoms with E-state index in [1.54, 1.807) is 0 Å². The van der Waals surface area contributed by atoms with E-state index >= 15 is 0 Å². The molecule has 0 heterocycles. The van der Waals surface area contributed by atoms with Gasteiger partial charge in [-0.1, -0.05) is 109 Å². The van der Waals surface area contributed by atoms with Crippen LogP contribution in [0.1, 0.15) is 155 Å². The molecule has 2 aliphatic carbocycles. The third kappa shape index (κ3) is 3.92. The fourth-order valence-electron chi connectivity index (χ4n) is 3.83. The lowest BCUT2D eigenvalue weighted by atomic mass is 9.62. The molecule has 35 heavy (non-hydrogen) atoms. The van der Waals surface area contributed by atoms with E-state index in [0.717, 1.165) is 18.2 Å². The van der Waals surface area contributed by atoms with E-state index in [4.69, 9.17) is 49.6 Å². The Labute approximate surface area is 266 Å². The van der Waals surface area contributed by atoms with Crippen molar-refractivity contribution in [3.8, 4) is 22.3 Å². The average molecular weight is 504 g/mol. The maximum absolute atomic E-state index is 9.52. The summed E-state index contributed by atoms with van der Waals surface area (Å²) in [5, 5.41) is 0. The number of benzene rings is 3. The van der Waals surface area contributed by atoms with Crippen LogP contribution in [-0.4, -0.2) is 0 Å². The van der Waals surface area contributed by atoms with Gasteiger partial charge < -0.3 is 5.73 Å². The quantitative estimate of drug-likeness (QED) is 0.346. The standard InChI is InChI=1S/C34H43N/c1-31(2)16-18-33(5,6)28-20-22(12-14-26(28)31)24-10-9-11-25(30(24)35)23-13-15-27-29(21-23)34(7,8)19-17-32(27,3)4/h9-15,20-21H,16-19,35H2,1-8H3/i1D3,2D3,3D3,4D3,5D3,6D3,7D3,8D3,12D,13D,14D,15D,16D2,17D2,18D2,19D2,20D,21D. The lowest BCUT2D eigenvalue weighted by Crippen LogP contribution is -2.33. The number of anilines is 1. The molecule has 2 aliphatic rings. The van der Waals surface area contributed by atoms with Gasteiger partial charge in [0.2, 0.25) is 0 Å². The molecule has 0 atom stereocenters. The zero-order valence-corrected chi connectivity index (χ0v) is 17.8. The lowest BCUT2D eigenvalue weighted by molar-refractivity contribution is 0.332. The number of para-hydroxylation sites is 1. The van der Waals surface area contributed by atoms with Crippen LogP contribution >= 0.6 is 0 Å². The lowest BCUT2D eigenvalue weighted by Gasteiger charge is -2.42. The van der Waals surface area contributed by atoms with Crippen LogP contribution in [0.2, 0.25) is 0 Å². The van der Waals surface area contributed by atoms with Crippen molar-refractivity contribution in [3.05, 3.63) is 76.7 Å². The SMILES string of the molecule is [2H]c1c([2H])c2c(c([2H])c1-c1cccc(-c3c([2H])c([2H])c4c(c3[2H])C(C([2H])([2H])[2H])(C([2H])([2H])[2H])C([2H])([2H])C([2H])([2H])C4(C([2H])([2H])[2H])C([2H])([2H])[2H])c1N)C(C([2H])([2H])[2H])(C([2H])([2H])[2H])C([2H])([2H])C([2H])([2H])C2(C([2H])([2H])[2H])C([2H])([2H])[2H]. The average Bonchev–Trinajstić information content (AvgIpc) is 3.11. The van der Waals surface area contributed by atoms with Gasteiger partial charge in [-0.15, -0.1) is 0 Å². The van der Waals surface area contributed by atoms with Crippen LogP contribution in [0, 0.1) is 0 Å². The normalized spacial score (nSPS) is 45.7. The highest BCUT2D eigenvalue weighted by atomic mass is 14.6. The molecular formula is C34H43N. The summed E-state index contributed by atoms with van der Waals surface area (Å²) in [5.41, 5.74) is -24.7. The maximum atomic E-state index is 9.52. The van der Waals surface area contributed by atoms with Crippen molar-refractivity contribution in [2.75, 3.05) is 5.73 Å². The van der Waals surface area contributed by atoms with Gasteiger partial charge in [-0.3, -0.25) is 0 Å². The summed E-state index contributed by atoms with van der Waals surface area (Å²) in [5.74, 6) is 0. The number of hydrogen-bond donors (Lipinski definition) is 1. The summed E-state index contributed by atoms with van der Waals surface area (Å²) in [6.07, 6.45) is -18.9. The Kier molecular flexibility index (Phi) is 1.28. The molecule has 0 amide bonds. The largest absolute Gasteiger partial charge is 0.398 e. The van der Waals surface area contributed by atoms with E-state index in [1.807, 2.05) is 0 Å². The van der Waals surface area contributed by atoms with Crippen molar-refractivity contribution in [2.45, 2.75) is 102 Å². The Hall–Kier alpha value is -2.54. The minimum atomic E-state index is -4.74. The van der Waals surface area contributed by atoms with E-state index in [9.17, 15) is 8.22 Å². The van der Waals surface area contributed by atoms with Crippen molar-refractivity contribution >= 4 is 5.69 Å². The molecule has 1 heteroatoms. The maximum Gasteiger partial charge on any atom is 0.0632 e. The van der Waals surface area contributed by atoms with Gasteiger partial charge in [-0.05, 0) is 80.5 Å². The van der Waals surface area contributed by atoms with E-state index < -0.39 is 188 Å². The number of nitrogens with two attached hydrogens (primary N) is 1. The molecule has 184 valence electrons. The first-order chi connectivity index (χ1) is 31.8. The molecule has 0 unspecified atom stereocenters. The highest BCUT2D eigenvalue weighted by molar-refractivity contribution is 5.89. The van der Waals surface area contributed by atoms with Crippen LogP contribution in [0.4, 0.5) is 5.69 Å². The topological polar surface area (TPSA) is 26.0 Å². The second-order valence-electron chi connectivity index (χ2n) is 8.27. The van der Waals surface area contributed by atoms with Gasteiger partial charge >= 0.3 is 0 Å². The van der Waals surface area contributed by atoms with Crippen molar-refractivity contribution < 1.29 is 52.1 Å². The third-order valence-electron chi connectivity index (χ3n) is 5.64. The molecule has 0 aromatic heterocycles. The van der Waals surface area contributed by atoms with E-state index in [2.05, 4.69) is 0 Å². The highest BCUT2D eigenvalue weighted by Crippen LogP contribution is 2.49. The highest BCUT2D eigenvalue weighted by Gasteiger charge is 2.38. The first kappa shape index (κ1) is 5.79.